The first kappa shape index (κ1) is 14.7. The number of amides is 1. The Hall–Kier alpha value is -2.21. The van der Waals surface area contributed by atoms with Crippen molar-refractivity contribution in [2.75, 3.05) is 6.79 Å². The van der Waals surface area contributed by atoms with Crippen LogP contribution in [-0.2, 0) is 0 Å². The number of aryl methyl sites for hydroxylation is 2. The summed E-state index contributed by atoms with van der Waals surface area (Å²) in [5.74, 6) is 0.461. The molecule has 1 aromatic carbocycles. The van der Waals surface area contributed by atoms with Crippen molar-refractivity contribution in [1.82, 2.24) is 5.32 Å². The monoisotopic (exact) mass is 319 g/mol. The molecule has 1 aliphatic rings. The molecule has 0 unspecified atom stereocenters. The van der Waals surface area contributed by atoms with E-state index in [0.29, 0.717) is 11.5 Å². The fourth-order valence-electron chi connectivity index (χ4n) is 2.55. The van der Waals surface area contributed by atoms with Crippen molar-refractivity contribution in [3.05, 3.63) is 39.1 Å². The zero-order valence-corrected chi connectivity index (χ0v) is 13.4. The van der Waals surface area contributed by atoms with Crippen molar-refractivity contribution >= 4 is 17.2 Å². The highest BCUT2D eigenvalue weighted by Crippen LogP contribution is 2.37. The molecule has 116 valence electrons. The van der Waals surface area contributed by atoms with Crippen LogP contribution in [-0.4, -0.2) is 17.8 Å². The maximum Gasteiger partial charge on any atom is 0.255 e. The number of rotatable bonds is 3. The van der Waals surface area contributed by atoms with Gasteiger partial charge in [-0.2, -0.15) is 0 Å². The minimum absolute atomic E-state index is 0.101. The zero-order valence-electron chi connectivity index (χ0n) is 12.6. The number of hydrogen-bond acceptors (Lipinski definition) is 5. The summed E-state index contributed by atoms with van der Waals surface area (Å²) < 4.78 is 10.4. The maximum absolute atomic E-state index is 12.4. The third-order valence-corrected chi connectivity index (χ3v) is 4.61. The van der Waals surface area contributed by atoms with Crippen LogP contribution in [0.25, 0.3) is 0 Å². The summed E-state index contributed by atoms with van der Waals surface area (Å²) in [5.41, 5.74) is 1.27. The Bertz CT molecular complexity index is 738. The lowest BCUT2D eigenvalue weighted by atomic mass is 10.1. The normalized spacial score (nSPS) is 14.0. The largest absolute Gasteiger partial charge is 0.507 e. The van der Waals surface area contributed by atoms with E-state index in [-0.39, 0.29) is 30.1 Å². The Labute approximate surface area is 132 Å². The smallest absolute Gasteiger partial charge is 0.255 e. The van der Waals surface area contributed by atoms with E-state index in [1.54, 1.807) is 11.3 Å². The first-order valence-electron chi connectivity index (χ1n) is 6.96. The summed E-state index contributed by atoms with van der Waals surface area (Å²) in [6.07, 6.45) is 0. The lowest BCUT2D eigenvalue weighted by Gasteiger charge is -2.15. The van der Waals surface area contributed by atoms with Crippen molar-refractivity contribution in [3.8, 4) is 17.2 Å². The molecule has 1 amide bonds. The van der Waals surface area contributed by atoms with Gasteiger partial charge in [0.2, 0.25) is 6.79 Å². The van der Waals surface area contributed by atoms with E-state index >= 15 is 0 Å². The quantitative estimate of drug-likeness (QED) is 0.911. The van der Waals surface area contributed by atoms with Gasteiger partial charge in [0, 0.05) is 21.9 Å². The van der Waals surface area contributed by atoms with Crippen LogP contribution in [0, 0.1) is 13.8 Å². The lowest BCUT2D eigenvalue weighted by molar-refractivity contribution is 0.0937. The number of aromatic hydroxyl groups is 1. The highest BCUT2D eigenvalue weighted by Gasteiger charge is 2.22. The van der Waals surface area contributed by atoms with Crippen molar-refractivity contribution < 1.29 is 19.4 Å². The van der Waals surface area contributed by atoms with Crippen LogP contribution in [0.4, 0.5) is 0 Å². The predicted molar refractivity (Wildman–Crippen MR) is 83.9 cm³/mol. The molecule has 0 saturated carbocycles. The number of benzene rings is 1. The molecule has 0 saturated heterocycles. The molecule has 5 nitrogen and oxygen atoms in total. The Morgan fingerprint density at radius 3 is 2.59 bits per heavy atom. The number of thiophene rings is 1. The van der Waals surface area contributed by atoms with Gasteiger partial charge in [-0.1, -0.05) is 0 Å². The van der Waals surface area contributed by atoms with E-state index in [4.69, 9.17) is 9.47 Å². The van der Waals surface area contributed by atoms with E-state index in [1.807, 2.05) is 20.8 Å². The average molecular weight is 319 g/mol. The van der Waals surface area contributed by atoms with E-state index in [1.165, 1.54) is 21.9 Å². The average Bonchev–Trinajstić information content (AvgIpc) is 3.03. The molecule has 2 heterocycles. The molecule has 0 spiro atoms. The fraction of sp³-hybridized carbons (Fsp3) is 0.312. The second-order valence-corrected chi connectivity index (χ2v) is 6.75. The molecular weight excluding hydrogens is 302 g/mol. The Morgan fingerprint density at radius 1 is 1.27 bits per heavy atom. The standard InChI is InChI=1S/C16H17NO4S/c1-8-4-11(10(3)22-8)9(2)17-16(19)12-5-14-15(6-13(12)18)21-7-20-14/h4-6,9,18H,7H2,1-3H3,(H,17,19)/t9-/m0/s1. The molecule has 0 aliphatic carbocycles. The molecule has 2 aromatic rings. The zero-order chi connectivity index (χ0) is 15.9. The molecule has 1 aromatic heterocycles. The molecule has 1 aliphatic heterocycles. The van der Waals surface area contributed by atoms with Crippen LogP contribution in [0.5, 0.6) is 17.2 Å². The molecule has 3 rings (SSSR count). The lowest BCUT2D eigenvalue weighted by Crippen LogP contribution is -2.26. The van der Waals surface area contributed by atoms with Crippen LogP contribution in [0.1, 0.15) is 38.6 Å². The first-order valence-corrected chi connectivity index (χ1v) is 7.77. The highest BCUT2D eigenvalue weighted by atomic mass is 32.1. The van der Waals surface area contributed by atoms with Crippen molar-refractivity contribution in [2.45, 2.75) is 26.8 Å². The maximum atomic E-state index is 12.4. The Balaban J connectivity index is 1.81. The van der Waals surface area contributed by atoms with E-state index in [2.05, 4.69) is 11.4 Å². The number of hydrogen-bond donors (Lipinski definition) is 2. The molecule has 22 heavy (non-hydrogen) atoms. The van der Waals surface area contributed by atoms with Gasteiger partial charge in [-0.15, -0.1) is 11.3 Å². The molecule has 0 radical (unpaired) electrons. The van der Waals surface area contributed by atoms with Gasteiger partial charge < -0.3 is 19.9 Å². The number of nitrogens with one attached hydrogen (secondary N) is 1. The summed E-state index contributed by atoms with van der Waals surface area (Å²) in [5, 5.41) is 12.9. The van der Waals surface area contributed by atoms with Gasteiger partial charge >= 0.3 is 0 Å². The summed E-state index contributed by atoms with van der Waals surface area (Å²) >= 11 is 1.70. The summed E-state index contributed by atoms with van der Waals surface area (Å²) in [6, 6.07) is 4.85. The van der Waals surface area contributed by atoms with Crippen molar-refractivity contribution in [3.63, 3.8) is 0 Å². The number of fused-ring (bicyclic) bond motifs is 1. The molecule has 1 atom stereocenters. The fourth-order valence-corrected chi connectivity index (χ4v) is 3.57. The van der Waals surface area contributed by atoms with E-state index in [9.17, 15) is 9.90 Å². The van der Waals surface area contributed by atoms with Crippen LogP contribution < -0.4 is 14.8 Å². The van der Waals surface area contributed by atoms with Crippen LogP contribution >= 0.6 is 11.3 Å². The number of carbonyl (C=O) groups is 1. The number of ether oxygens (including phenoxy) is 2. The van der Waals surface area contributed by atoms with Gasteiger partial charge in [-0.25, -0.2) is 0 Å². The first-order chi connectivity index (χ1) is 10.5. The van der Waals surface area contributed by atoms with Gasteiger partial charge in [-0.05, 0) is 32.4 Å². The number of phenols is 1. The SMILES string of the molecule is Cc1cc([C@H](C)NC(=O)c2cc3c(cc2O)OCO3)c(C)s1. The Kier molecular flexibility index (Phi) is 3.70. The molecule has 0 bridgehead atoms. The van der Waals surface area contributed by atoms with Crippen LogP contribution in [0.3, 0.4) is 0 Å². The third-order valence-electron chi connectivity index (χ3n) is 3.63. The number of carbonyl (C=O) groups excluding carboxylic acids is 1. The third kappa shape index (κ3) is 2.62. The van der Waals surface area contributed by atoms with Crippen LogP contribution in [0.15, 0.2) is 18.2 Å². The van der Waals surface area contributed by atoms with Crippen LogP contribution in [0.2, 0.25) is 0 Å². The summed E-state index contributed by atoms with van der Waals surface area (Å²) in [4.78, 5) is 14.8. The topological polar surface area (TPSA) is 67.8 Å². The predicted octanol–water partition coefficient (Wildman–Crippen LogP) is 3.29. The second kappa shape index (κ2) is 5.53. The van der Waals surface area contributed by atoms with Gasteiger partial charge in [0.25, 0.3) is 5.91 Å². The molecular formula is C16H17NO4S. The van der Waals surface area contributed by atoms with Gasteiger partial charge in [-0.3, -0.25) is 4.79 Å². The van der Waals surface area contributed by atoms with Crippen molar-refractivity contribution in [2.24, 2.45) is 0 Å². The van der Waals surface area contributed by atoms with Gasteiger partial charge in [0.15, 0.2) is 11.5 Å². The van der Waals surface area contributed by atoms with E-state index < -0.39 is 0 Å². The van der Waals surface area contributed by atoms with E-state index in [0.717, 1.165) is 5.56 Å². The number of phenolic OH excluding ortho intramolecular Hbond substituents is 1. The molecule has 0 fully saturated rings. The minimum atomic E-state index is -0.341. The Morgan fingerprint density at radius 2 is 1.95 bits per heavy atom. The second-order valence-electron chi connectivity index (χ2n) is 5.29. The highest BCUT2D eigenvalue weighted by molar-refractivity contribution is 7.12. The van der Waals surface area contributed by atoms with Crippen molar-refractivity contribution in [1.29, 1.82) is 0 Å². The summed E-state index contributed by atoms with van der Waals surface area (Å²) in [7, 11) is 0. The summed E-state index contributed by atoms with van der Waals surface area (Å²) in [6.45, 7) is 6.10. The van der Waals surface area contributed by atoms with Gasteiger partial charge in [0.05, 0.1) is 11.6 Å². The van der Waals surface area contributed by atoms with Gasteiger partial charge in [0.1, 0.15) is 5.75 Å². The minimum Gasteiger partial charge on any atom is -0.507 e. The molecule has 2 N–H and O–H groups in total. The molecule has 6 heteroatoms.